The summed E-state index contributed by atoms with van der Waals surface area (Å²) in [4.78, 5) is 2.58. The monoisotopic (exact) mass is 214 g/mol. The first-order valence-electron chi connectivity index (χ1n) is 6.13. The van der Waals surface area contributed by atoms with Crippen LogP contribution in [0.1, 0.15) is 33.6 Å². The van der Waals surface area contributed by atoms with Crippen LogP contribution in [-0.2, 0) is 4.74 Å². The lowest BCUT2D eigenvalue weighted by Crippen LogP contribution is -2.44. The second kappa shape index (κ2) is 6.46. The lowest BCUT2D eigenvalue weighted by Gasteiger charge is -2.29. The molecule has 0 aromatic carbocycles. The van der Waals surface area contributed by atoms with Crippen molar-refractivity contribution >= 4 is 0 Å². The van der Waals surface area contributed by atoms with E-state index >= 15 is 0 Å². The van der Waals surface area contributed by atoms with Crippen molar-refractivity contribution in [2.24, 2.45) is 0 Å². The van der Waals surface area contributed by atoms with Crippen molar-refractivity contribution < 1.29 is 4.74 Å². The smallest absolute Gasteiger partial charge is 0.0589 e. The normalized spacial score (nSPS) is 18.8. The molecule has 1 N–H and O–H groups in total. The Morgan fingerprint density at radius 2 is 2.00 bits per heavy atom. The maximum absolute atomic E-state index is 5.16. The molecule has 1 aliphatic carbocycles. The van der Waals surface area contributed by atoms with E-state index in [1.165, 1.54) is 12.8 Å². The molecule has 1 aliphatic rings. The molecule has 1 rings (SSSR count). The van der Waals surface area contributed by atoms with Gasteiger partial charge < -0.3 is 10.1 Å². The number of rotatable bonds is 8. The highest BCUT2D eigenvalue weighted by atomic mass is 16.5. The van der Waals surface area contributed by atoms with Gasteiger partial charge in [0.15, 0.2) is 0 Å². The minimum absolute atomic E-state index is 0.580. The van der Waals surface area contributed by atoms with Gasteiger partial charge >= 0.3 is 0 Å². The maximum atomic E-state index is 5.16. The first-order valence-corrected chi connectivity index (χ1v) is 6.13. The second-order valence-electron chi connectivity index (χ2n) is 4.87. The topological polar surface area (TPSA) is 24.5 Å². The Bertz CT molecular complexity index is 169. The zero-order valence-electron chi connectivity index (χ0n) is 10.6. The van der Waals surface area contributed by atoms with Crippen LogP contribution < -0.4 is 5.32 Å². The van der Waals surface area contributed by atoms with Crippen LogP contribution in [0, 0.1) is 0 Å². The first-order chi connectivity index (χ1) is 7.15. The van der Waals surface area contributed by atoms with Crippen LogP contribution in [0.3, 0.4) is 0 Å². The molecule has 1 unspecified atom stereocenters. The standard InChI is InChI=1S/C12H26N2O/c1-10(2)13-9-11(3)14(7-8-15-4)12-5-6-12/h10-13H,5-9H2,1-4H3. The third-order valence-electron chi connectivity index (χ3n) is 2.96. The molecule has 15 heavy (non-hydrogen) atoms. The van der Waals surface area contributed by atoms with Gasteiger partial charge in [-0.1, -0.05) is 13.8 Å². The Morgan fingerprint density at radius 1 is 1.33 bits per heavy atom. The summed E-state index contributed by atoms with van der Waals surface area (Å²) >= 11 is 0. The molecule has 1 fully saturated rings. The zero-order valence-corrected chi connectivity index (χ0v) is 10.6. The lowest BCUT2D eigenvalue weighted by molar-refractivity contribution is 0.117. The van der Waals surface area contributed by atoms with Crippen LogP contribution in [0.4, 0.5) is 0 Å². The molecule has 0 amide bonds. The second-order valence-corrected chi connectivity index (χ2v) is 4.87. The molecule has 0 aromatic rings. The average molecular weight is 214 g/mol. The average Bonchev–Trinajstić information content (AvgIpc) is 2.99. The van der Waals surface area contributed by atoms with E-state index in [4.69, 9.17) is 4.74 Å². The van der Waals surface area contributed by atoms with Gasteiger partial charge in [-0.3, -0.25) is 4.90 Å². The molecule has 90 valence electrons. The number of ether oxygens (including phenoxy) is 1. The van der Waals surface area contributed by atoms with E-state index in [0.717, 1.165) is 25.7 Å². The van der Waals surface area contributed by atoms with Crippen molar-refractivity contribution in [3.8, 4) is 0 Å². The van der Waals surface area contributed by atoms with Crippen molar-refractivity contribution in [2.45, 2.75) is 51.7 Å². The summed E-state index contributed by atoms with van der Waals surface area (Å²) in [5.74, 6) is 0. The van der Waals surface area contributed by atoms with Gasteiger partial charge in [0.05, 0.1) is 6.61 Å². The minimum Gasteiger partial charge on any atom is -0.383 e. The Hall–Kier alpha value is -0.120. The largest absolute Gasteiger partial charge is 0.383 e. The third-order valence-corrected chi connectivity index (χ3v) is 2.96. The van der Waals surface area contributed by atoms with E-state index in [-0.39, 0.29) is 0 Å². The van der Waals surface area contributed by atoms with E-state index in [1.54, 1.807) is 7.11 Å². The van der Waals surface area contributed by atoms with E-state index < -0.39 is 0 Å². The fourth-order valence-corrected chi connectivity index (χ4v) is 1.89. The molecule has 0 saturated heterocycles. The summed E-state index contributed by atoms with van der Waals surface area (Å²) in [5.41, 5.74) is 0. The highest BCUT2D eigenvalue weighted by molar-refractivity contribution is 4.88. The molecular weight excluding hydrogens is 188 g/mol. The molecule has 3 heteroatoms. The van der Waals surface area contributed by atoms with Crippen LogP contribution in [0.15, 0.2) is 0 Å². The summed E-state index contributed by atoms with van der Waals surface area (Å²) in [7, 11) is 1.78. The summed E-state index contributed by atoms with van der Waals surface area (Å²) in [6.07, 6.45) is 2.74. The molecule has 0 aromatic heterocycles. The predicted molar refractivity (Wildman–Crippen MR) is 64.2 cm³/mol. The van der Waals surface area contributed by atoms with E-state index in [9.17, 15) is 0 Å². The highest BCUT2D eigenvalue weighted by Gasteiger charge is 2.31. The quantitative estimate of drug-likeness (QED) is 0.662. The molecule has 1 atom stereocenters. The number of methoxy groups -OCH3 is 1. The molecule has 0 aliphatic heterocycles. The summed E-state index contributed by atoms with van der Waals surface area (Å²) in [5, 5.41) is 3.50. The Labute approximate surface area is 94.2 Å². The van der Waals surface area contributed by atoms with Gasteiger partial charge in [-0.25, -0.2) is 0 Å². The molecule has 0 heterocycles. The van der Waals surface area contributed by atoms with E-state index in [0.29, 0.717) is 12.1 Å². The summed E-state index contributed by atoms with van der Waals surface area (Å²) in [6, 6.07) is 2.02. The molecule has 0 bridgehead atoms. The summed E-state index contributed by atoms with van der Waals surface area (Å²) in [6.45, 7) is 9.71. The van der Waals surface area contributed by atoms with Crippen molar-refractivity contribution in [3.05, 3.63) is 0 Å². The maximum Gasteiger partial charge on any atom is 0.0589 e. The Kier molecular flexibility index (Phi) is 5.58. The van der Waals surface area contributed by atoms with Gasteiger partial charge in [0, 0.05) is 38.3 Å². The number of nitrogens with zero attached hydrogens (tertiary/aromatic N) is 1. The zero-order chi connectivity index (χ0) is 11.3. The SMILES string of the molecule is COCCN(C(C)CNC(C)C)C1CC1. The van der Waals surface area contributed by atoms with Crippen molar-refractivity contribution in [3.63, 3.8) is 0 Å². The van der Waals surface area contributed by atoms with Gasteiger partial charge in [0.25, 0.3) is 0 Å². The number of hydrogen-bond acceptors (Lipinski definition) is 3. The molecular formula is C12H26N2O. The van der Waals surface area contributed by atoms with Crippen LogP contribution in [0.5, 0.6) is 0 Å². The Balaban J connectivity index is 2.26. The van der Waals surface area contributed by atoms with Crippen molar-refractivity contribution in [2.75, 3.05) is 26.8 Å². The molecule has 3 nitrogen and oxygen atoms in total. The molecule has 1 saturated carbocycles. The third kappa shape index (κ3) is 4.96. The lowest BCUT2D eigenvalue weighted by atomic mass is 10.2. The van der Waals surface area contributed by atoms with Crippen LogP contribution in [0.25, 0.3) is 0 Å². The van der Waals surface area contributed by atoms with Gasteiger partial charge in [-0.15, -0.1) is 0 Å². The molecule has 0 radical (unpaired) electrons. The van der Waals surface area contributed by atoms with Gasteiger partial charge in [-0.05, 0) is 19.8 Å². The van der Waals surface area contributed by atoms with E-state index in [2.05, 4.69) is 31.0 Å². The summed E-state index contributed by atoms with van der Waals surface area (Å²) < 4.78 is 5.16. The van der Waals surface area contributed by atoms with Crippen LogP contribution in [0.2, 0.25) is 0 Å². The predicted octanol–water partition coefficient (Wildman–Crippen LogP) is 1.48. The first kappa shape index (κ1) is 12.9. The van der Waals surface area contributed by atoms with Gasteiger partial charge in [-0.2, -0.15) is 0 Å². The van der Waals surface area contributed by atoms with E-state index in [1.807, 2.05) is 0 Å². The number of hydrogen-bond donors (Lipinski definition) is 1. The van der Waals surface area contributed by atoms with Gasteiger partial charge in [0.2, 0.25) is 0 Å². The van der Waals surface area contributed by atoms with Crippen LogP contribution in [-0.4, -0.2) is 49.8 Å². The number of nitrogens with one attached hydrogen (secondary N) is 1. The Morgan fingerprint density at radius 3 is 2.47 bits per heavy atom. The van der Waals surface area contributed by atoms with Crippen LogP contribution >= 0.6 is 0 Å². The fraction of sp³-hybridized carbons (Fsp3) is 1.00. The molecule has 0 spiro atoms. The highest BCUT2D eigenvalue weighted by Crippen LogP contribution is 2.28. The van der Waals surface area contributed by atoms with Crippen molar-refractivity contribution in [1.29, 1.82) is 0 Å². The fourth-order valence-electron chi connectivity index (χ4n) is 1.89. The minimum atomic E-state index is 0.580. The van der Waals surface area contributed by atoms with Gasteiger partial charge in [0.1, 0.15) is 0 Å². The van der Waals surface area contributed by atoms with Crippen molar-refractivity contribution in [1.82, 2.24) is 10.2 Å².